The second-order valence-electron chi connectivity index (χ2n) is 7.04. The average molecular weight is 366 g/mol. The predicted octanol–water partition coefficient (Wildman–Crippen LogP) is 3.50. The van der Waals surface area contributed by atoms with Gasteiger partial charge in [-0.3, -0.25) is 4.99 Å². The molecule has 2 rings (SSSR count). The van der Waals surface area contributed by atoms with Crippen molar-refractivity contribution < 1.29 is 0 Å². The lowest BCUT2D eigenvalue weighted by Gasteiger charge is -2.33. The summed E-state index contributed by atoms with van der Waals surface area (Å²) in [6.45, 7) is 11.6. The Kier molecular flexibility index (Phi) is 8.68. The van der Waals surface area contributed by atoms with E-state index in [1.807, 2.05) is 0 Å². The Balaban J connectivity index is 1.74. The molecule has 1 fully saturated rings. The maximum atomic E-state index is 4.81. The van der Waals surface area contributed by atoms with Crippen molar-refractivity contribution in [3.8, 4) is 0 Å². The van der Waals surface area contributed by atoms with E-state index >= 15 is 0 Å². The molecule has 0 aliphatic carbocycles. The van der Waals surface area contributed by atoms with Crippen LogP contribution in [0.15, 0.2) is 10.4 Å². The van der Waals surface area contributed by atoms with Gasteiger partial charge in [0, 0.05) is 31.6 Å². The van der Waals surface area contributed by atoms with Gasteiger partial charge in [-0.05, 0) is 59.5 Å². The van der Waals surface area contributed by atoms with Crippen LogP contribution < -0.4 is 5.32 Å². The number of aromatic nitrogens is 1. The molecule has 1 aromatic rings. The van der Waals surface area contributed by atoms with Gasteiger partial charge in [-0.15, -0.1) is 11.3 Å². The summed E-state index contributed by atoms with van der Waals surface area (Å²) in [5.74, 6) is 0.986. The van der Waals surface area contributed by atoms with Crippen LogP contribution in [-0.2, 0) is 6.54 Å². The zero-order chi connectivity index (χ0) is 18.1. The van der Waals surface area contributed by atoms with E-state index in [0.29, 0.717) is 0 Å². The standard InChI is InChI=1S/C19H35N5S/c1-5-20-19(23(4)14-18-15-25-17(3)22-18)21-11-7-9-13-24-12-8-6-10-16(24)2/h15-16H,5-14H2,1-4H3,(H,20,21). The normalized spacial score (nSPS) is 19.2. The van der Waals surface area contributed by atoms with Crippen LogP contribution >= 0.6 is 11.3 Å². The lowest BCUT2D eigenvalue weighted by Crippen LogP contribution is -2.39. The summed E-state index contributed by atoms with van der Waals surface area (Å²) < 4.78 is 0. The molecule has 1 aliphatic rings. The first-order valence-electron chi connectivity index (χ1n) is 9.74. The minimum absolute atomic E-state index is 0.766. The molecule has 0 bridgehead atoms. The molecule has 0 radical (unpaired) electrons. The van der Waals surface area contributed by atoms with Crippen molar-refractivity contribution >= 4 is 17.3 Å². The van der Waals surface area contributed by atoms with Crippen LogP contribution in [0.3, 0.4) is 0 Å². The number of nitrogens with one attached hydrogen (secondary N) is 1. The Morgan fingerprint density at radius 2 is 2.28 bits per heavy atom. The first-order valence-corrected chi connectivity index (χ1v) is 10.6. The number of piperidine rings is 1. The number of hydrogen-bond donors (Lipinski definition) is 1. The van der Waals surface area contributed by atoms with Gasteiger partial charge >= 0.3 is 0 Å². The van der Waals surface area contributed by atoms with Crippen molar-refractivity contribution in [2.45, 2.75) is 65.5 Å². The van der Waals surface area contributed by atoms with E-state index in [0.717, 1.165) is 48.8 Å². The molecule has 1 unspecified atom stereocenters. The van der Waals surface area contributed by atoms with Crippen LogP contribution in [0.25, 0.3) is 0 Å². The zero-order valence-corrected chi connectivity index (χ0v) is 17.2. The number of likely N-dealkylation sites (tertiary alicyclic amines) is 1. The summed E-state index contributed by atoms with van der Waals surface area (Å²) in [6.07, 6.45) is 6.53. The molecule has 0 spiro atoms. The molecule has 1 atom stereocenters. The molecule has 2 heterocycles. The Morgan fingerprint density at radius 3 is 2.96 bits per heavy atom. The number of guanidine groups is 1. The van der Waals surface area contributed by atoms with Crippen molar-refractivity contribution in [2.75, 3.05) is 33.2 Å². The number of rotatable bonds is 8. The molecular weight excluding hydrogens is 330 g/mol. The maximum absolute atomic E-state index is 4.81. The highest BCUT2D eigenvalue weighted by Gasteiger charge is 2.17. The smallest absolute Gasteiger partial charge is 0.194 e. The molecule has 142 valence electrons. The third-order valence-electron chi connectivity index (χ3n) is 4.82. The number of aryl methyl sites for hydroxylation is 1. The summed E-state index contributed by atoms with van der Waals surface area (Å²) in [7, 11) is 2.09. The number of aliphatic imine (C=N–C) groups is 1. The fraction of sp³-hybridized carbons (Fsp3) is 0.789. The number of unbranched alkanes of at least 4 members (excludes halogenated alkanes) is 1. The summed E-state index contributed by atoms with van der Waals surface area (Å²) in [4.78, 5) is 14.2. The maximum Gasteiger partial charge on any atom is 0.194 e. The molecular formula is C19H35N5S. The Bertz CT molecular complexity index is 528. The highest BCUT2D eigenvalue weighted by molar-refractivity contribution is 7.09. The van der Waals surface area contributed by atoms with E-state index in [1.165, 1.54) is 38.8 Å². The van der Waals surface area contributed by atoms with E-state index in [1.54, 1.807) is 11.3 Å². The van der Waals surface area contributed by atoms with Crippen molar-refractivity contribution in [1.29, 1.82) is 0 Å². The molecule has 0 saturated carbocycles. The molecule has 0 aromatic carbocycles. The molecule has 25 heavy (non-hydrogen) atoms. The molecule has 1 N–H and O–H groups in total. The highest BCUT2D eigenvalue weighted by Crippen LogP contribution is 2.16. The van der Waals surface area contributed by atoms with Gasteiger partial charge < -0.3 is 15.1 Å². The quantitative estimate of drug-likeness (QED) is 0.435. The molecule has 0 amide bonds. The Morgan fingerprint density at radius 1 is 1.44 bits per heavy atom. The van der Waals surface area contributed by atoms with Crippen molar-refractivity contribution in [1.82, 2.24) is 20.1 Å². The predicted molar refractivity (Wildman–Crippen MR) is 108 cm³/mol. The van der Waals surface area contributed by atoms with Crippen LogP contribution in [-0.4, -0.2) is 60.0 Å². The number of thiazole rings is 1. The van der Waals surface area contributed by atoms with Gasteiger partial charge in [0.15, 0.2) is 5.96 Å². The van der Waals surface area contributed by atoms with Gasteiger partial charge in [0.1, 0.15) is 0 Å². The van der Waals surface area contributed by atoms with Gasteiger partial charge in [-0.2, -0.15) is 0 Å². The summed E-state index contributed by atoms with van der Waals surface area (Å²) in [5.41, 5.74) is 1.12. The fourth-order valence-electron chi connectivity index (χ4n) is 3.37. The van der Waals surface area contributed by atoms with Crippen molar-refractivity contribution in [3.63, 3.8) is 0 Å². The lowest BCUT2D eigenvalue weighted by atomic mass is 10.0. The Hall–Kier alpha value is -1.14. The van der Waals surface area contributed by atoms with Gasteiger partial charge in [0.2, 0.25) is 0 Å². The average Bonchev–Trinajstić information content (AvgIpc) is 3.00. The van der Waals surface area contributed by atoms with E-state index in [-0.39, 0.29) is 0 Å². The SMILES string of the molecule is CCNC(=NCCCCN1CCCCC1C)N(C)Cc1csc(C)n1. The topological polar surface area (TPSA) is 43.8 Å². The first-order chi connectivity index (χ1) is 12.1. The summed E-state index contributed by atoms with van der Waals surface area (Å²) in [6, 6.07) is 0.766. The van der Waals surface area contributed by atoms with Crippen LogP contribution in [0.5, 0.6) is 0 Å². The van der Waals surface area contributed by atoms with Crippen LogP contribution in [0.1, 0.15) is 56.7 Å². The minimum Gasteiger partial charge on any atom is -0.357 e. The lowest BCUT2D eigenvalue weighted by molar-refractivity contribution is 0.158. The second kappa shape index (κ2) is 10.8. The number of hydrogen-bond acceptors (Lipinski definition) is 4. The van der Waals surface area contributed by atoms with Crippen LogP contribution in [0, 0.1) is 6.92 Å². The van der Waals surface area contributed by atoms with E-state index < -0.39 is 0 Å². The Labute approximate surface area is 157 Å². The number of nitrogens with zero attached hydrogens (tertiary/aromatic N) is 4. The fourth-order valence-corrected chi connectivity index (χ4v) is 3.97. The van der Waals surface area contributed by atoms with Crippen molar-refractivity contribution in [3.05, 3.63) is 16.1 Å². The molecule has 6 heteroatoms. The van der Waals surface area contributed by atoms with Crippen LogP contribution in [0.2, 0.25) is 0 Å². The zero-order valence-electron chi connectivity index (χ0n) is 16.4. The van der Waals surface area contributed by atoms with E-state index in [9.17, 15) is 0 Å². The van der Waals surface area contributed by atoms with Gasteiger partial charge in [0.25, 0.3) is 0 Å². The highest BCUT2D eigenvalue weighted by atomic mass is 32.1. The molecule has 1 saturated heterocycles. The largest absolute Gasteiger partial charge is 0.357 e. The minimum atomic E-state index is 0.766. The summed E-state index contributed by atoms with van der Waals surface area (Å²) in [5, 5.41) is 6.65. The third kappa shape index (κ3) is 6.94. The molecule has 5 nitrogen and oxygen atoms in total. The molecule has 1 aliphatic heterocycles. The van der Waals surface area contributed by atoms with Crippen LogP contribution in [0.4, 0.5) is 0 Å². The van der Waals surface area contributed by atoms with Gasteiger partial charge in [0.05, 0.1) is 17.2 Å². The third-order valence-corrected chi connectivity index (χ3v) is 5.64. The van der Waals surface area contributed by atoms with E-state index in [2.05, 4.69) is 53.3 Å². The van der Waals surface area contributed by atoms with Gasteiger partial charge in [-0.25, -0.2) is 4.98 Å². The van der Waals surface area contributed by atoms with E-state index in [4.69, 9.17) is 4.99 Å². The summed E-state index contributed by atoms with van der Waals surface area (Å²) >= 11 is 1.71. The second-order valence-corrected chi connectivity index (χ2v) is 8.10. The molecule has 1 aromatic heterocycles. The monoisotopic (exact) mass is 365 g/mol. The van der Waals surface area contributed by atoms with Crippen molar-refractivity contribution in [2.24, 2.45) is 4.99 Å². The first kappa shape index (κ1) is 20.2. The van der Waals surface area contributed by atoms with Gasteiger partial charge in [-0.1, -0.05) is 6.42 Å².